The van der Waals surface area contributed by atoms with Gasteiger partial charge in [0.15, 0.2) is 0 Å². The third-order valence-electron chi connectivity index (χ3n) is 3.54. The Balaban J connectivity index is 2.01. The van der Waals surface area contributed by atoms with E-state index in [2.05, 4.69) is 66.4 Å². The molecule has 0 aromatic heterocycles. The van der Waals surface area contributed by atoms with E-state index in [9.17, 15) is 0 Å². The molecule has 0 fully saturated rings. The maximum absolute atomic E-state index is 4.62. The van der Waals surface area contributed by atoms with Crippen LogP contribution in [0.2, 0.25) is 6.82 Å². The Kier molecular flexibility index (Phi) is 3.74. The molecule has 1 nitrogen and oxygen atoms in total. The van der Waals surface area contributed by atoms with E-state index >= 15 is 0 Å². The topological polar surface area (TPSA) is 12.4 Å². The minimum atomic E-state index is 0.404. The van der Waals surface area contributed by atoms with Crippen molar-refractivity contribution >= 4 is 34.4 Å². The van der Waals surface area contributed by atoms with Crippen molar-refractivity contribution in [3.63, 3.8) is 0 Å². The van der Waals surface area contributed by atoms with Crippen molar-refractivity contribution in [3.05, 3.63) is 60.2 Å². The minimum Gasteiger partial charge on any atom is -0.277 e. The summed E-state index contributed by atoms with van der Waals surface area (Å²) in [6.07, 6.45) is 0. The summed E-state index contributed by atoms with van der Waals surface area (Å²) in [7, 11) is 0. The molecule has 1 aliphatic rings. The predicted molar refractivity (Wildman–Crippen MR) is 87.6 cm³/mol. The summed E-state index contributed by atoms with van der Waals surface area (Å²) in [5.74, 6) is 1.11. The van der Waals surface area contributed by atoms with Gasteiger partial charge in [0.05, 0.1) is 5.04 Å². The molecule has 0 unspecified atom stereocenters. The monoisotopic (exact) mass is 265 g/mol. The van der Waals surface area contributed by atoms with Crippen LogP contribution in [0.4, 0.5) is 0 Å². The van der Waals surface area contributed by atoms with E-state index in [4.69, 9.17) is 0 Å². The second kappa shape index (κ2) is 5.66. The molecule has 0 saturated carbocycles. The van der Waals surface area contributed by atoms with Crippen molar-refractivity contribution in [2.45, 2.75) is 6.82 Å². The van der Waals surface area contributed by atoms with Crippen molar-refractivity contribution < 1.29 is 0 Å². The quantitative estimate of drug-likeness (QED) is 0.776. The Morgan fingerprint density at radius 3 is 2.47 bits per heavy atom. The van der Waals surface area contributed by atoms with E-state index in [-0.39, 0.29) is 0 Å². The second-order valence-electron chi connectivity index (χ2n) is 4.75. The molecular formula is C16H16BNS. The van der Waals surface area contributed by atoms with Crippen LogP contribution in [0, 0.1) is 0 Å². The lowest BCUT2D eigenvalue weighted by Crippen LogP contribution is -2.41. The Morgan fingerprint density at radius 2 is 1.74 bits per heavy atom. The Bertz CT molecular complexity index is 595. The number of thioether (sulfide) groups is 1. The van der Waals surface area contributed by atoms with Gasteiger partial charge in [0.1, 0.15) is 0 Å². The molecule has 3 heteroatoms. The summed E-state index contributed by atoms with van der Waals surface area (Å²) in [5.41, 5.74) is 4.04. The third kappa shape index (κ3) is 2.61. The van der Waals surface area contributed by atoms with Gasteiger partial charge in [-0.2, -0.15) is 0 Å². The fourth-order valence-electron chi connectivity index (χ4n) is 2.49. The van der Waals surface area contributed by atoms with Crippen LogP contribution in [0.25, 0.3) is 0 Å². The lowest BCUT2D eigenvalue weighted by molar-refractivity contribution is 1.18. The van der Waals surface area contributed by atoms with Gasteiger partial charge in [0.25, 0.3) is 0 Å². The van der Waals surface area contributed by atoms with Crippen LogP contribution < -0.4 is 10.9 Å². The first kappa shape index (κ1) is 12.6. The molecule has 0 radical (unpaired) electrons. The van der Waals surface area contributed by atoms with Crippen LogP contribution >= 0.6 is 11.8 Å². The van der Waals surface area contributed by atoms with Crippen LogP contribution in [0.1, 0.15) is 5.56 Å². The molecule has 2 aromatic carbocycles. The standard InChI is InChI=1S/C16H16BNS/c1-17(13-7-3-2-4-8-13)15-10-6-5-9-14(15)16-18-11-12-19-16/h2-10H,11-12H2,1H3. The number of benzene rings is 2. The highest BCUT2D eigenvalue weighted by Crippen LogP contribution is 2.18. The lowest BCUT2D eigenvalue weighted by atomic mass is 9.42. The van der Waals surface area contributed by atoms with Gasteiger partial charge < -0.3 is 0 Å². The SMILES string of the molecule is CB(c1ccccc1)c1ccccc1C1=NCCS1. The minimum absolute atomic E-state index is 0.404. The van der Waals surface area contributed by atoms with Crippen molar-refractivity contribution in [1.82, 2.24) is 0 Å². The molecule has 0 atom stereocenters. The molecule has 19 heavy (non-hydrogen) atoms. The average Bonchev–Trinajstić information content (AvgIpc) is 3.01. The fraction of sp³-hybridized carbons (Fsp3) is 0.188. The molecule has 0 bridgehead atoms. The molecule has 0 N–H and O–H groups in total. The second-order valence-corrected chi connectivity index (χ2v) is 5.84. The third-order valence-corrected chi connectivity index (χ3v) is 4.55. The first-order chi connectivity index (χ1) is 9.36. The van der Waals surface area contributed by atoms with Gasteiger partial charge in [0.2, 0.25) is 6.71 Å². The van der Waals surface area contributed by atoms with Gasteiger partial charge in [-0.05, 0) is 0 Å². The van der Waals surface area contributed by atoms with Gasteiger partial charge in [-0.3, -0.25) is 4.99 Å². The maximum Gasteiger partial charge on any atom is 0.207 e. The van der Waals surface area contributed by atoms with E-state index < -0.39 is 0 Å². The van der Waals surface area contributed by atoms with Gasteiger partial charge in [-0.15, -0.1) is 11.8 Å². The maximum atomic E-state index is 4.62. The number of hydrogen-bond donors (Lipinski definition) is 0. The van der Waals surface area contributed by atoms with Crippen molar-refractivity contribution in [2.24, 2.45) is 4.99 Å². The van der Waals surface area contributed by atoms with E-state index in [1.54, 1.807) is 0 Å². The average molecular weight is 265 g/mol. The molecule has 3 rings (SSSR count). The van der Waals surface area contributed by atoms with Crippen LogP contribution in [0.15, 0.2) is 59.6 Å². The van der Waals surface area contributed by atoms with E-state index in [1.165, 1.54) is 21.5 Å². The summed E-state index contributed by atoms with van der Waals surface area (Å²) >= 11 is 1.87. The highest BCUT2D eigenvalue weighted by molar-refractivity contribution is 8.14. The highest BCUT2D eigenvalue weighted by atomic mass is 32.2. The van der Waals surface area contributed by atoms with E-state index in [1.807, 2.05) is 11.8 Å². The highest BCUT2D eigenvalue weighted by Gasteiger charge is 2.20. The summed E-state index contributed by atoms with van der Waals surface area (Å²) in [5, 5.41) is 1.21. The van der Waals surface area contributed by atoms with Crippen molar-refractivity contribution in [1.29, 1.82) is 0 Å². The number of rotatable bonds is 3. The predicted octanol–water partition coefficient (Wildman–Crippen LogP) is 2.42. The van der Waals surface area contributed by atoms with E-state index in [0.717, 1.165) is 12.3 Å². The summed E-state index contributed by atoms with van der Waals surface area (Å²) in [6, 6.07) is 19.3. The lowest BCUT2D eigenvalue weighted by Gasteiger charge is -2.14. The molecular weight excluding hydrogens is 249 g/mol. The summed E-state index contributed by atoms with van der Waals surface area (Å²) in [6.45, 7) is 3.63. The largest absolute Gasteiger partial charge is 0.277 e. The van der Waals surface area contributed by atoms with Crippen LogP contribution in [0.5, 0.6) is 0 Å². The Labute approximate surface area is 119 Å². The number of hydrogen-bond acceptors (Lipinski definition) is 2. The van der Waals surface area contributed by atoms with E-state index in [0.29, 0.717) is 6.71 Å². The smallest absolute Gasteiger partial charge is 0.207 e. The van der Waals surface area contributed by atoms with Gasteiger partial charge >= 0.3 is 0 Å². The first-order valence-corrected chi connectivity index (χ1v) is 7.66. The normalized spacial score (nSPS) is 14.3. The Morgan fingerprint density at radius 1 is 1.00 bits per heavy atom. The summed E-state index contributed by atoms with van der Waals surface area (Å²) < 4.78 is 0. The summed E-state index contributed by atoms with van der Waals surface area (Å²) in [4.78, 5) is 4.62. The van der Waals surface area contributed by atoms with Crippen LogP contribution in [0.3, 0.4) is 0 Å². The first-order valence-electron chi connectivity index (χ1n) is 6.68. The molecule has 0 saturated heterocycles. The molecule has 1 heterocycles. The van der Waals surface area contributed by atoms with Crippen LogP contribution in [-0.4, -0.2) is 24.1 Å². The zero-order valence-electron chi connectivity index (χ0n) is 11.0. The number of aliphatic imine (C=N–C) groups is 1. The molecule has 0 spiro atoms. The Hall–Kier alpha value is -1.48. The van der Waals surface area contributed by atoms with Gasteiger partial charge in [-0.25, -0.2) is 0 Å². The van der Waals surface area contributed by atoms with Gasteiger partial charge in [0, 0.05) is 17.9 Å². The zero-order valence-corrected chi connectivity index (χ0v) is 11.9. The van der Waals surface area contributed by atoms with Crippen LogP contribution in [-0.2, 0) is 0 Å². The van der Waals surface area contributed by atoms with Crippen molar-refractivity contribution in [2.75, 3.05) is 12.3 Å². The molecule has 1 aliphatic heterocycles. The molecule has 2 aromatic rings. The zero-order chi connectivity index (χ0) is 13.1. The molecule has 94 valence electrons. The van der Waals surface area contributed by atoms with Gasteiger partial charge in [-0.1, -0.05) is 72.3 Å². The fourth-order valence-corrected chi connectivity index (χ4v) is 3.39. The number of nitrogens with zero attached hydrogens (tertiary/aromatic N) is 1. The van der Waals surface area contributed by atoms with Crippen molar-refractivity contribution in [3.8, 4) is 0 Å². The molecule has 0 amide bonds. The molecule has 0 aliphatic carbocycles.